The lowest BCUT2D eigenvalue weighted by atomic mass is 9.41. The third kappa shape index (κ3) is 3.95. The van der Waals surface area contributed by atoms with Crippen LogP contribution in [0.15, 0.2) is 66.2 Å². The van der Waals surface area contributed by atoms with Crippen LogP contribution in [0.5, 0.6) is 0 Å². The maximum Gasteiger partial charge on any atom is 0.0818 e. The Kier molecular flexibility index (Phi) is 5.90. The van der Waals surface area contributed by atoms with E-state index in [-0.39, 0.29) is 10.8 Å². The molecule has 2 aromatic rings. The summed E-state index contributed by atoms with van der Waals surface area (Å²) in [6.45, 7) is 0.834. The summed E-state index contributed by atoms with van der Waals surface area (Å²) in [6.07, 6.45) is 13.7. The second-order valence-corrected chi connectivity index (χ2v) is 12.2. The fraction of sp³-hybridized carbons (Fsp3) is 0.516. The zero-order chi connectivity index (χ0) is 23.2. The van der Waals surface area contributed by atoms with E-state index in [1.54, 1.807) is 11.1 Å². The number of thiocarbonyl (C=S) groups is 1. The largest absolute Gasteiger partial charge is 0.376 e. The Labute approximate surface area is 210 Å². The molecule has 5 aliphatic rings. The lowest BCUT2D eigenvalue weighted by Gasteiger charge is -2.63. The van der Waals surface area contributed by atoms with Gasteiger partial charge in [0, 0.05) is 11.5 Å². The summed E-state index contributed by atoms with van der Waals surface area (Å²) in [7, 11) is 0. The van der Waals surface area contributed by atoms with Crippen LogP contribution < -0.4 is 11.1 Å². The van der Waals surface area contributed by atoms with Gasteiger partial charge in [-0.2, -0.15) is 0 Å². The molecular weight excluding hydrogens is 432 g/mol. The summed E-state index contributed by atoms with van der Waals surface area (Å²) in [5.41, 5.74) is 10.9. The van der Waals surface area contributed by atoms with Gasteiger partial charge in [-0.3, -0.25) is 0 Å². The molecule has 0 saturated heterocycles. The predicted molar refractivity (Wildman–Crippen MR) is 146 cm³/mol. The van der Waals surface area contributed by atoms with E-state index in [4.69, 9.17) is 18.0 Å². The van der Waals surface area contributed by atoms with E-state index in [0.717, 1.165) is 6.54 Å². The summed E-state index contributed by atoms with van der Waals surface area (Å²) < 4.78 is 0. The molecule has 178 valence electrons. The first kappa shape index (κ1) is 22.5. The van der Waals surface area contributed by atoms with Crippen LogP contribution in [0.25, 0.3) is 6.08 Å². The Balaban J connectivity index is 1.30. The van der Waals surface area contributed by atoms with E-state index in [1.165, 1.54) is 68.3 Å². The number of hydrogen-bond donors (Lipinski definition) is 2. The van der Waals surface area contributed by atoms with E-state index in [0.29, 0.717) is 23.8 Å². The lowest BCUT2D eigenvalue weighted by Crippen LogP contribution is -2.60. The van der Waals surface area contributed by atoms with Crippen LogP contribution in [0, 0.1) is 23.2 Å². The summed E-state index contributed by atoms with van der Waals surface area (Å²) >= 11 is 6.30. The average Bonchev–Trinajstić information content (AvgIpc) is 2.87. The van der Waals surface area contributed by atoms with E-state index in [9.17, 15) is 0 Å². The molecular formula is C31H38N2S. The summed E-state index contributed by atoms with van der Waals surface area (Å²) in [5.74, 6) is 1.97. The highest BCUT2D eigenvalue weighted by Crippen LogP contribution is 2.67. The highest BCUT2D eigenvalue weighted by molar-refractivity contribution is 7.80. The van der Waals surface area contributed by atoms with E-state index >= 15 is 0 Å². The molecule has 4 bridgehead atoms. The van der Waals surface area contributed by atoms with Gasteiger partial charge >= 0.3 is 0 Å². The van der Waals surface area contributed by atoms with Crippen molar-refractivity contribution in [2.24, 2.45) is 28.9 Å². The van der Waals surface area contributed by atoms with Crippen LogP contribution in [-0.2, 0) is 5.41 Å². The van der Waals surface area contributed by atoms with Crippen LogP contribution >= 0.6 is 12.2 Å². The van der Waals surface area contributed by atoms with E-state index in [2.05, 4.69) is 72.1 Å². The Bertz CT molecular complexity index is 1030. The second-order valence-electron chi connectivity index (χ2n) is 11.8. The topological polar surface area (TPSA) is 38.0 Å². The Morgan fingerprint density at radius 3 is 2.12 bits per heavy atom. The normalized spacial score (nSPS) is 36.3. The third-order valence-corrected chi connectivity index (χ3v) is 10.2. The van der Waals surface area contributed by atoms with Crippen molar-refractivity contribution in [2.75, 3.05) is 6.54 Å². The monoisotopic (exact) mass is 470 g/mol. The van der Waals surface area contributed by atoms with Crippen molar-refractivity contribution in [1.29, 1.82) is 0 Å². The molecule has 0 radical (unpaired) electrons. The maximum absolute atomic E-state index is 6.30. The van der Waals surface area contributed by atoms with Gasteiger partial charge in [-0.25, -0.2) is 0 Å². The van der Waals surface area contributed by atoms with Gasteiger partial charge < -0.3 is 11.1 Å². The SMILES string of the molecule is NCC1CCC(NC(=S)C23CC4CC(c5ccccc5)(CC(C2)C4=Cc2ccccc2)C3)CC1. The van der Waals surface area contributed by atoms with Crippen molar-refractivity contribution in [2.45, 2.75) is 69.2 Å². The molecule has 0 aliphatic heterocycles. The van der Waals surface area contributed by atoms with Gasteiger partial charge in [0.05, 0.1) is 4.99 Å². The predicted octanol–water partition coefficient (Wildman–Crippen LogP) is 6.65. The molecule has 0 aromatic heterocycles. The Morgan fingerprint density at radius 2 is 1.50 bits per heavy atom. The highest BCUT2D eigenvalue weighted by Gasteiger charge is 2.61. The van der Waals surface area contributed by atoms with Crippen molar-refractivity contribution in [3.63, 3.8) is 0 Å². The molecule has 0 heterocycles. The molecule has 2 aromatic carbocycles. The molecule has 3 N–H and O–H groups in total. The Hall–Kier alpha value is -1.97. The summed E-state index contributed by atoms with van der Waals surface area (Å²) in [6, 6.07) is 22.9. The summed E-state index contributed by atoms with van der Waals surface area (Å²) in [5, 5.41) is 3.92. The Morgan fingerprint density at radius 1 is 0.882 bits per heavy atom. The summed E-state index contributed by atoms with van der Waals surface area (Å²) in [4.78, 5) is 1.18. The molecule has 3 heteroatoms. The quantitative estimate of drug-likeness (QED) is 0.480. The minimum absolute atomic E-state index is 0.149. The fourth-order valence-electron chi connectivity index (χ4n) is 8.19. The van der Waals surface area contributed by atoms with Crippen LogP contribution in [0.3, 0.4) is 0 Å². The van der Waals surface area contributed by atoms with E-state index < -0.39 is 0 Å². The molecule has 5 saturated carbocycles. The van der Waals surface area contributed by atoms with Crippen LogP contribution in [0.2, 0.25) is 0 Å². The molecule has 5 fully saturated rings. The van der Waals surface area contributed by atoms with Crippen molar-refractivity contribution in [1.82, 2.24) is 5.32 Å². The van der Waals surface area contributed by atoms with Crippen LogP contribution in [0.4, 0.5) is 0 Å². The van der Waals surface area contributed by atoms with Crippen molar-refractivity contribution < 1.29 is 0 Å². The molecule has 7 rings (SSSR count). The number of allylic oxidation sites excluding steroid dienone is 1. The smallest absolute Gasteiger partial charge is 0.0818 e. The van der Waals surface area contributed by atoms with Gasteiger partial charge in [0.2, 0.25) is 0 Å². The standard InChI is InChI=1S/C31H38N2S/c32-20-23-11-13-27(14-12-23)33-29(34)31-18-24-16-30(21-31,26-9-5-2-6-10-26)17-25(19-31)28(24)15-22-7-3-1-4-8-22/h1-10,15,23-25,27H,11-14,16-21,32H2,(H,33,34). The number of nitrogens with one attached hydrogen (secondary N) is 1. The molecule has 0 amide bonds. The lowest BCUT2D eigenvalue weighted by molar-refractivity contribution is 0.00667. The van der Waals surface area contributed by atoms with Crippen molar-refractivity contribution >= 4 is 23.3 Å². The molecule has 0 spiro atoms. The van der Waals surface area contributed by atoms with Crippen LogP contribution in [-0.4, -0.2) is 17.6 Å². The van der Waals surface area contributed by atoms with Gasteiger partial charge in [0.15, 0.2) is 0 Å². The highest BCUT2D eigenvalue weighted by atomic mass is 32.1. The number of nitrogens with two attached hydrogens (primary N) is 1. The van der Waals surface area contributed by atoms with Gasteiger partial charge in [-0.15, -0.1) is 0 Å². The van der Waals surface area contributed by atoms with Crippen molar-refractivity contribution in [3.8, 4) is 0 Å². The first-order valence-electron chi connectivity index (χ1n) is 13.4. The molecule has 2 atom stereocenters. The number of benzene rings is 2. The van der Waals surface area contributed by atoms with Gasteiger partial charge in [0.1, 0.15) is 0 Å². The first-order chi connectivity index (χ1) is 16.6. The zero-order valence-corrected chi connectivity index (χ0v) is 21.0. The van der Waals surface area contributed by atoms with Gasteiger partial charge in [-0.1, -0.05) is 84.5 Å². The van der Waals surface area contributed by atoms with Crippen molar-refractivity contribution in [3.05, 3.63) is 77.4 Å². The van der Waals surface area contributed by atoms with E-state index in [1.807, 2.05) is 0 Å². The fourth-order valence-corrected chi connectivity index (χ4v) is 8.60. The number of hydrogen-bond acceptors (Lipinski definition) is 2. The van der Waals surface area contributed by atoms with Crippen LogP contribution in [0.1, 0.15) is 68.9 Å². The second kappa shape index (κ2) is 8.91. The minimum Gasteiger partial charge on any atom is -0.376 e. The first-order valence-corrected chi connectivity index (χ1v) is 13.8. The third-order valence-electron chi connectivity index (χ3n) is 9.68. The molecule has 2 unspecified atom stereocenters. The average molecular weight is 471 g/mol. The molecule has 2 nitrogen and oxygen atoms in total. The van der Waals surface area contributed by atoms with Gasteiger partial charge in [-0.05, 0) is 98.6 Å². The molecule has 34 heavy (non-hydrogen) atoms. The molecule has 5 aliphatic carbocycles. The zero-order valence-electron chi connectivity index (χ0n) is 20.2. The minimum atomic E-state index is 0.149. The number of rotatable bonds is 5. The van der Waals surface area contributed by atoms with Gasteiger partial charge in [0.25, 0.3) is 0 Å². The maximum atomic E-state index is 6.30.